The molecule has 2 amide bonds. The molecule has 0 rings (SSSR count). The maximum Gasteiger partial charge on any atom is 0.252 e. The van der Waals surface area contributed by atoms with Crippen LogP contribution in [0.3, 0.4) is 0 Å². The molecule has 0 aliphatic heterocycles. The lowest BCUT2D eigenvalue weighted by Gasteiger charge is -1.75. The molecular formula is C3H4N4O2. The van der Waals surface area contributed by atoms with E-state index < -0.39 is 0 Å². The van der Waals surface area contributed by atoms with E-state index in [1.54, 1.807) is 0 Å². The summed E-state index contributed by atoms with van der Waals surface area (Å²) in [6.45, 7) is 0. The molecule has 0 aliphatic carbocycles. The number of hydrogen-bond donors (Lipinski definition) is 1. The lowest BCUT2D eigenvalue weighted by atomic mass is 11.3. The number of hydrogen-bond acceptors (Lipinski definition) is 3. The summed E-state index contributed by atoms with van der Waals surface area (Å²) in [7, 11) is 0. The highest BCUT2D eigenvalue weighted by molar-refractivity contribution is 5.59. The van der Waals surface area contributed by atoms with Crippen LogP contribution in [0.15, 0.2) is 15.3 Å². The van der Waals surface area contributed by atoms with Crippen LogP contribution in [-0.4, -0.2) is 19.2 Å². The van der Waals surface area contributed by atoms with Gasteiger partial charge in [-0.05, 0) is 0 Å². The average molecular weight is 128 g/mol. The number of rotatable bonds is 4. The van der Waals surface area contributed by atoms with E-state index in [1.807, 2.05) is 5.43 Å². The highest BCUT2D eigenvalue weighted by Crippen LogP contribution is 1.61. The van der Waals surface area contributed by atoms with Gasteiger partial charge in [0.1, 0.15) is 0 Å². The van der Waals surface area contributed by atoms with Crippen LogP contribution in [0.1, 0.15) is 0 Å². The van der Waals surface area contributed by atoms with Crippen LogP contribution in [0.4, 0.5) is 0 Å². The maximum absolute atomic E-state index is 9.47. The van der Waals surface area contributed by atoms with Crippen LogP contribution in [-0.2, 0) is 9.59 Å². The number of azo groups is 1. The Kier molecular flexibility index (Phi) is 5.28. The van der Waals surface area contributed by atoms with Gasteiger partial charge in [0.25, 0.3) is 6.41 Å². The Labute approximate surface area is 50.7 Å². The molecule has 0 radical (unpaired) electrons. The zero-order chi connectivity index (χ0) is 6.95. The second kappa shape index (κ2) is 6.41. The van der Waals surface area contributed by atoms with Gasteiger partial charge in [0.2, 0.25) is 6.41 Å². The van der Waals surface area contributed by atoms with Crippen molar-refractivity contribution in [2.24, 2.45) is 15.3 Å². The SMILES string of the molecule is O=CN=NC=NNC=O. The number of nitrogens with one attached hydrogen (secondary N) is 1. The number of carbonyl (C=O) groups excluding carboxylic acids is 2. The van der Waals surface area contributed by atoms with E-state index in [-0.39, 0.29) is 6.41 Å². The molecule has 0 aromatic carbocycles. The first-order valence-corrected chi connectivity index (χ1v) is 1.96. The fourth-order valence-electron chi connectivity index (χ4n) is 0.147. The molecule has 0 saturated heterocycles. The van der Waals surface area contributed by atoms with E-state index in [1.165, 1.54) is 0 Å². The summed E-state index contributed by atoms with van der Waals surface area (Å²) >= 11 is 0. The van der Waals surface area contributed by atoms with Gasteiger partial charge in [-0.1, -0.05) is 0 Å². The summed E-state index contributed by atoms with van der Waals surface area (Å²) in [5, 5.41) is 9.12. The van der Waals surface area contributed by atoms with Gasteiger partial charge in [0.05, 0.1) is 0 Å². The van der Waals surface area contributed by atoms with Crippen molar-refractivity contribution in [3.63, 3.8) is 0 Å². The number of carbonyl (C=O) groups is 2. The summed E-state index contributed by atoms with van der Waals surface area (Å²) in [4.78, 5) is 18.9. The molecule has 0 heterocycles. The van der Waals surface area contributed by atoms with Gasteiger partial charge in [-0.15, -0.1) is 10.2 Å². The molecule has 0 aromatic heterocycles. The smallest absolute Gasteiger partial charge is 0.252 e. The van der Waals surface area contributed by atoms with Crippen LogP contribution in [0.25, 0.3) is 0 Å². The third-order valence-corrected chi connectivity index (χ3v) is 0.350. The van der Waals surface area contributed by atoms with Crippen LogP contribution in [0.5, 0.6) is 0 Å². The van der Waals surface area contributed by atoms with Crippen molar-refractivity contribution >= 4 is 19.2 Å². The largest absolute Gasteiger partial charge is 0.277 e. The highest BCUT2D eigenvalue weighted by Gasteiger charge is 1.64. The minimum Gasteiger partial charge on any atom is -0.277 e. The molecule has 0 spiro atoms. The zero-order valence-electron chi connectivity index (χ0n) is 4.39. The topological polar surface area (TPSA) is 83.2 Å². The molecular weight excluding hydrogens is 124 g/mol. The average Bonchev–Trinajstić information content (AvgIpc) is 1.89. The molecule has 6 heteroatoms. The Morgan fingerprint density at radius 3 is 2.56 bits per heavy atom. The predicted octanol–water partition coefficient (Wildman–Crippen LogP) is -0.716. The maximum atomic E-state index is 9.47. The van der Waals surface area contributed by atoms with E-state index >= 15 is 0 Å². The minimum atomic E-state index is 0.257. The first-order valence-electron chi connectivity index (χ1n) is 1.96. The monoisotopic (exact) mass is 128 g/mol. The van der Waals surface area contributed by atoms with Crippen molar-refractivity contribution in [1.82, 2.24) is 5.43 Å². The van der Waals surface area contributed by atoms with E-state index in [4.69, 9.17) is 0 Å². The summed E-state index contributed by atoms with van der Waals surface area (Å²) in [6, 6.07) is 0. The number of hydrazone groups is 1. The molecule has 0 aromatic rings. The quantitative estimate of drug-likeness (QED) is 0.178. The van der Waals surface area contributed by atoms with Gasteiger partial charge < -0.3 is 0 Å². The van der Waals surface area contributed by atoms with Crippen molar-refractivity contribution in [1.29, 1.82) is 0 Å². The van der Waals surface area contributed by atoms with Crippen molar-refractivity contribution in [3.05, 3.63) is 0 Å². The molecule has 0 fully saturated rings. The Morgan fingerprint density at radius 1 is 1.22 bits per heavy atom. The van der Waals surface area contributed by atoms with Crippen molar-refractivity contribution in [2.45, 2.75) is 0 Å². The summed E-state index contributed by atoms with van der Waals surface area (Å²) in [5.74, 6) is 0. The molecule has 0 atom stereocenters. The number of nitrogens with zero attached hydrogens (tertiary/aromatic N) is 3. The second-order valence-corrected chi connectivity index (χ2v) is 0.828. The molecule has 0 aliphatic rings. The first-order chi connectivity index (χ1) is 4.41. The van der Waals surface area contributed by atoms with Gasteiger partial charge in [-0.25, -0.2) is 5.43 Å². The van der Waals surface area contributed by atoms with E-state index in [0.717, 1.165) is 6.34 Å². The van der Waals surface area contributed by atoms with E-state index in [2.05, 4.69) is 15.3 Å². The molecule has 48 valence electrons. The molecule has 1 N–H and O–H groups in total. The van der Waals surface area contributed by atoms with Crippen LogP contribution >= 0.6 is 0 Å². The van der Waals surface area contributed by atoms with E-state index in [9.17, 15) is 9.59 Å². The van der Waals surface area contributed by atoms with Crippen LogP contribution in [0, 0.1) is 0 Å². The minimum absolute atomic E-state index is 0.257. The van der Waals surface area contributed by atoms with Crippen LogP contribution in [0.2, 0.25) is 0 Å². The normalized spacial score (nSPS) is 10.2. The lowest BCUT2D eigenvalue weighted by Crippen LogP contribution is -1.98. The second-order valence-electron chi connectivity index (χ2n) is 0.828. The van der Waals surface area contributed by atoms with Crippen LogP contribution < -0.4 is 5.43 Å². The predicted molar refractivity (Wildman–Crippen MR) is 28.6 cm³/mol. The summed E-state index contributed by atoms with van der Waals surface area (Å²) < 4.78 is 0. The van der Waals surface area contributed by atoms with Gasteiger partial charge in [0.15, 0.2) is 6.34 Å². The van der Waals surface area contributed by atoms with E-state index in [0.29, 0.717) is 6.41 Å². The zero-order valence-corrected chi connectivity index (χ0v) is 4.39. The summed E-state index contributed by atoms with van der Waals surface area (Å²) in [6.07, 6.45) is 1.56. The van der Waals surface area contributed by atoms with Gasteiger partial charge in [0, 0.05) is 0 Å². The molecule has 6 nitrogen and oxygen atoms in total. The summed E-state index contributed by atoms with van der Waals surface area (Å²) in [5.41, 5.74) is 1.93. The highest BCUT2D eigenvalue weighted by atomic mass is 16.1. The molecule has 0 bridgehead atoms. The lowest BCUT2D eigenvalue weighted by molar-refractivity contribution is -0.109. The third kappa shape index (κ3) is 6.41. The van der Waals surface area contributed by atoms with Crippen molar-refractivity contribution in [3.8, 4) is 0 Å². The molecule has 0 saturated carbocycles. The van der Waals surface area contributed by atoms with Crippen molar-refractivity contribution in [2.75, 3.05) is 0 Å². The fraction of sp³-hybridized carbons (Fsp3) is 0. The third-order valence-electron chi connectivity index (χ3n) is 0.350. The molecule has 0 unspecified atom stereocenters. The van der Waals surface area contributed by atoms with Gasteiger partial charge in [-0.2, -0.15) is 5.10 Å². The number of amides is 2. The standard InChI is InChI=1S/C3H4N4O2/c8-2-6-4-1-5-7-3-9/h1-3H,(H,6,8). The molecule has 9 heavy (non-hydrogen) atoms. The van der Waals surface area contributed by atoms with Gasteiger partial charge in [-0.3, -0.25) is 9.59 Å². The first kappa shape index (κ1) is 7.41. The van der Waals surface area contributed by atoms with Gasteiger partial charge >= 0.3 is 0 Å². The Morgan fingerprint density at radius 2 is 2.00 bits per heavy atom. The fourth-order valence-corrected chi connectivity index (χ4v) is 0.147. The van der Waals surface area contributed by atoms with Crippen molar-refractivity contribution < 1.29 is 9.59 Å². The Hall–Kier alpha value is -1.59. The Bertz CT molecular complexity index is 141. The Balaban J connectivity index is 3.33.